The highest BCUT2D eigenvalue weighted by Gasteiger charge is 2.45. The van der Waals surface area contributed by atoms with Gasteiger partial charge in [-0.3, -0.25) is 4.79 Å². The second-order valence-corrected chi connectivity index (χ2v) is 5.15. The molecular weight excluding hydrogens is 270 g/mol. The minimum Gasteiger partial charge on any atom is -0.492 e. The molecule has 0 spiro atoms. The van der Waals surface area contributed by atoms with Gasteiger partial charge in [-0.15, -0.1) is 0 Å². The second kappa shape index (κ2) is 5.53. The fraction of sp³-hybridized carbons (Fsp3) is 0.357. The number of rotatable bonds is 6. The highest BCUT2D eigenvalue weighted by Crippen LogP contribution is 2.33. The SMILES string of the molecule is NC1(C(=O)Nc2cccc(OCCn3cncn3)c2)CC1. The van der Waals surface area contributed by atoms with Crippen LogP contribution in [0.15, 0.2) is 36.9 Å². The van der Waals surface area contributed by atoms with Crippen molar-refractivity contribution in [3.05, 3.63) is 36.9 Å². The van der Waals surface area contributed by atoms with E-state index in [9.17, 15) is 4.79 Å². The highest BCUT2D eigenvalue weighted by atomic mass is 16.5. The van der Waals surface area contributed by atoms with Crippen molar-refractivity contribution in [2.45, 2.75) is 24.9 Å². The lowest BCUT2D eigenvalue weighted by molar-refractivity contribution is -0.118. The van der Waals surface area contributed by atoms with E-state index in [0.717, 1.165) is 12.8 Å². The lowest BCUT2D eigenvalue weighted by Crippen LogP contribution is -2.37. The van der Waals surface area contributed by atoms with Gasteiger partial charge in [-0.2, -0.15) is 5.10 Å². The molecule has 0 bridgehead atoms. The number of amides is 1. The van der Waals surface area contributed by atoms with Crippen LogP contribution in [0.2, 0.25) is 0 Å². The normalized spacial score (nSPS) is 15.5. The molecule has 21 heavy (non-hydrogen) atoms. The van der Waals surface area contributed by atoms with Crippen LogP contribution in [0.4, 0.5) is 5.69 Å². The van der Waals surface area contributed by atoms with Crippen LogP contribution in [-0.2, 0) is 11.3 Å². The third-order valence-electron chi connectivity index (χ3n) is 3.39. The summed E-state index contributed by atoms with van der Waals surface area (Å²) in [7, 11) is 0. The summed E-state index contributed by atoms with van der Waals surface area (Å²) >= 11 is 0. The van der Waals surface area contributed by atoms with Gasteiger partial charge >= 0.3 is 0 Å². The van der Waals surface area contributed by atoms with E-state index in [4.69, 9.17) is 10.5 Å². The van der Waals surface area contributed by atoms with Crippen molar-refractivity contribution in [3.8, 4) is 5.75 Å². The van der Waals surface area contributed by atoms with E-state index in [-0.39, 0.29) is 5.91 Å². The Morgan fingerprint density at radius 3 is 3.05 bits per heavy atom. The van der Waals surface area contributed by atoms with Gasteiger partial charge in [0.05, 0.1) is 12.1 Å². The molecule has 1 aliphatic carbocycles. The summed E-state index contributed by atoms with van der Waals surface area (Å²) in [5.41, 5.74) is 5.86. The van der Waals surface area contributed by atoms with E-state index in [1.807, 2.05) is 18.2 Å². The molecule has 0 saturated heterocycles. The number of carbonyl (C=O) groups is 1. The molecule has 1 heterocycles. The molecule has 3 rings (SSSR count). The zero-order valence-corrected chi connectivity index (χ0v) is 11.5. The Labute approximate surface area is 122 Å². The lowest BCUT2D eigenvalue weighted by Gasteiger charge is -2.11. The van der Waals surface area contributed by atoms with Gasteiger partial charge in [-0.1, -0.05) is 6.07 Å². The average molecular weight is 287 g/mol. The van der Waals surface area contributed by atoms with Gasteiger partial charge < -0.3 is 15.8 Å². The van der Waals surface area contributed by atoms with Crippen molar-refractivity contribution in [1.82, 2.24) is 14.8 Å². The van der Waals surface area contributed by atoms with Gasteiger partial charge in [0.25, 0.3) is 0 Å². The quantitative estimate of drug-likeness (QED) is 0.819. The summed E-state index contributed by atoms with van der Waals surface area (Å²) in [6.45, 7) is 1.09. The third kappa shape index (κ3) is 3.38. The molecule has 1 aliphatic rings. The molecule has 0 aliphatic heterocycles. The number of nitrogens with one attached hydrogen (secondary N) is 1. The fourth-order valence-corrected chi connectivity index (χ4v) is 1.89. The zero-order valence-electron chi connectivity index (χ0n) is 11.5. The average Bonchev–Trinajstić information content (AvgIpc) is 3.01. The number of hydrogen-bond acceptors (Lipinski definition) is 5. The van der Waals surface area contributed by atoms with E-state index in [1.165, 1.54) is 6.33 Å². The van der Waals surface area contributed by atoms with E-state index in [2.05, 4.69) is 15.4 Å². The Kier molecular flexibility index (Phi) is 3.57. The second-order valence-electron chi connectivity index (χ2n) is 5.15. The molecule has 1 saturated carbocycles. The topological polar surface area (TPSA) is 95.1 Å². The van der Waals surface area contributed by atoms with E-state index in [0.29, 0.717) is 24.6 Å². The zero-order chi connectivity index (χ0) is 14.7. The molecule has 1 amide bonds. The number of aromatic nitrogens is 3. The minimum atomic E-state index is -0.677. The Morgan fingerprint density at radius 2 is 2.33 bits per heavy atom. The molecule has 0 atom stereocenters. The van der Waals surface area contributed by atoms with Crippen molar-refractivity contribution in [2.75, 3.05) is 11.9 Å². The minimum absolute atomic E-state index is 0.137. The Balaban J connectivity index is 1.54. The predicted molar refractivity (Wildman–Crippen MR) is 76.7 cm³/mol. The van der Waals surface area contributed by atoms with Crippen LogP contribution in [0.3, 0.4) is 0 Å². The van der Waals surface area contributed by atoms with Crippen LogP contribution in [0.1, 0.15) is 12.8 Å². The maximum absolute atomic E-state index is 11.9. The Bertz CT molecular complexity index is 622. The number of anilines is 1. The predicted octanol–water partition coefficient (Wildman–Crippen LogP) is 0.787. The summed E-state index contributed by atoms with van der Waals surface area (Å²) in [4.78, 5) is 15.7. The first kappa shape index (κ1) is 13.6. The third-order valence-corrected chi connectivity index (χ3v) is 3.39. The summed E-state index contributed by atoms with van der Waals surface area (Å²) in [5.74, 6) is 0.553. The molecule has 110 valence electrons. The Morgan fingerprint density at radius 1 is 1.48 bits per heavy atom. The van der Waals surface area contributed by atoms with Crippen LogP contribution in [-0.4, -0.2) is 32.8 Å². The number of hydrogen-bond donors (Lipinski definition) is 2. The van der Waals surface area contributed by atoms with E-state index >= 15 is 0 Å². The summed E-state index contributed by atoms with van der Waals surface area (Å²) in [5, 5.41) is 6.81. The first-order valence-corrected chi connectivity index (χ1v) is 6.81. The maximum atomic E-state index is 11.9. The number of nitrogens with two attached hydrogens (primary N) is 1. The van der Waals surface area contributed by atoms with Gasteiger partial charge in [-0.25, -0.2) is 9.67 Å². The first-order valence-electron chi connectivity index (χ1n) is 6.81. The van der Waals surface area contributed by atoms with Crippen molar-refractivity contribution in [2.24, 2.45) is 5.73 Å². The Hall–Kier alpha value is -2.41. The molecular formula is C14H17N5O2. The fourth-order valence-electron chi connectivity index (χ4n) is 1.89. The van der Waals surface area contributed by atoms with Crippen LogP contribution in [0.5, 0.6) is 5.75 Å². The summed E-state index contributed by atoms with van der Waals surface area (Å²) in [6.07, 6.45) is 4.60. The van der Waals surface area contributed by atoms with Crippen LogP contribution in [0.25, 0.3) is 0 Å². The van der Waals surface area contributed by atoms with Crippen LogP contribution >= 0.6 is 0 Å². The van der Waals surface area contributed by atoms with Crippen LogP contribution < -0.4 is 15.8 Å². The molecule has 3 N–H and O–H groups in total. The monoisotopic (exact) mass is 287 g/mol. The van der Waals surface area contributed by atoms with Crippen molar-refractivity contribution < 1.29 is 9.53 Å². The number of carbonyl (C=O) groups excluding carboxylic acids is 1. The molecule has 7 nitrogen and oxygen atoms in total. The molecule has 0 radical (unpaired) electrons. The molecule has 0 unspecified atom stereocenters. The van der Waals surface area contributed by atoms with Crippen molar-refractivity contribution >= 4 is 11.6 Å². The van der Waals surface area contributed by atoms with Crippen LogP contribution in [0, 0.1) is 0 Å². The standard InChI is InChI=1S/C14H17N5O2/c15-14(4-5-14)13(20)18-11-2-1-3-12(8-11)21-7-6-19-10-16-9-17-19/h1-3,8-10H,4-7,15H2,(H,18,20). The number of benzene rings is 1. The molecule has 7 heteroatoms. The van der Waals surface area contributed by atoms with Gasteiger partial charge in [0.15, 0.2) is 0 Å². The smallest absolute Gasteiger partial charge is 0.244 e. The van der Waals surface area contributed by atoms with Gasteiger partial charge in [0, 0.05) is 11.8 Å². The summed E-state index contributed by atoms with van der Waals surface area (Å²) < 4.78 is 7.32. The largest absolute Gasteiger partial charge is 0.492 e. The van der Waals surface area contributed by atoms with E-state index < -0.39 is 5.54 Å². The first-order chi connectivity index (χ1) is 10.2. The van der Waals surface area contributed by atoms with E-state index in [1.54, 1.807) is 17.1 Å². The van der Waals surface area contributed by atoms with Gasteiger partial charge in [-0.05, 0) is 25.0 Å². The molecule has 2 aromatic rings. The lowest BCUT2D eigenvalue weighted by atomic mass is 10.2. The molecule has 1 aromatic carbocycles. The molecule has 1 fully saturated rings. The number of ether oxygens (including phenoxy) is 1. The van der Waals surface area contributed by atoms with Crippen molar-refractivity contribution in [3.63, 3.8) is 0 Å². The summed E-state index contributed by atoms with van der Waals surface area (Å²) in [6, 6.07) is 7.27. The highest BCUT2D eigenvalue weighted by molar-refractivity contribution is 6.00. The molecule has 1 aromatic heterocycles. The maximum Gasteiger partial charge on any atom is 0.244 e. The van der Waals surface area contributed by atoms with Gasteiger partial charge in [0.1, 0.15) is 25.0 Å². The van der Waals surface area contributed by atoms with Crippen molar-refractivity contribution in [1.29, 1.82) is 0 Å². The number of nitrogens with zero attached hydrogens (tertiary/aromatic N) is 3. The van der Waals surface area contributed by atoms with Gasteiger partial charge in [0.2, 0.25) is 5.91 Å².